The molecule has 7 heteroatoms. The van der Waals surface area contributed by atoms with Gasteiger partial charge in [0.1, 0.15) is 12.4 Å². The van der Waals surface area contributed by atoms with Crippen LogP contribution in [0.25, 0.3) is 0 Å². The van der Waals surface area contributed by atoms with Gasteiger partial charge in [-0.2, -0.15) is 4.31 Å². The van der Waals surface area contributed by atoms with Gasteiger partial charge in [-0.1, -0.05) is 12.5 Å². The summed E-state index contributed by atoms with van der Waals surface area (Å²) in [5, 5.41) is 0. The highest BCUT2D eigenvalue weighted by molar-refractivity contribution is 7.88. The Morgan fingerprint density at radius 3 is 2.59 bits per heavy atom. The van der Waals surface area contributed by atoms with Gasteiger partial charge in [-0.15, -0.1) is 0 Å². The van der Waals surface area contributed by atoms with E-state index in [9.17, 15) is 13.2 Å². The third-order valence-corrected chi connectivity index (χ3v) is 7.21. The summed E-state index contributed by atoms with van der Waals surface area (Å²) in [6.07, 6.45) is 6.25. The van der Waals surface area contributed by atoms with E-state index in [0.717, 1.165) is 49.0 Å². The first-order valence-corrected chi connectivity index (χ1v) is 11.7. The van der Waals surface area contributed by atoms with Crippen LogP contribution in [-0.4, -0.2) is 48.5 Å². The third-order valence-electron chi connectivity index (χ3n) is 5.93. The Balaban J connectivity index is 1.56. The number of benzene rings is 1. The van der Waals surface area contributed by atoms with Gasteiger partial charge in [0.2, 0.25) is 15.9 Å². The van der Waals surface area contributed by atoms with Crippen LogP contribution in [0.5, 0.6) is 5.75 Å². The molecule has 27 heavy (non-hydrogen) atoms. The van der Waals surface area contributed by atoms with E-state index in [-0.39, 0.29) is 23.9 Å². The summed E-state index contributed by atoms with van der Waals surface area (Å²) < 4.78 is 31.7. The first kappa shape index (κ1) is 18.7. The third kappa shape index (κ3) is 3.99. The molecule has 1 atom stereocenters. The van der Waals surface area contributed by atoms with Crippen LogP contribution >= 0.6 is 0 Å². The van der Waals surface area contributed by atoms with E-state index in [1.165, 1.54) is 6.26 Å². The van der Waals surface area contributed by atoms with Crippen LogP contribution in [0.2, 0.25) is 0 Å². The first-order chi connectivity index (χ1) is 12.8. The number of sulfonamides is 1. The average Bonchev–Trinajstić information content (AvgIpc) is 3.38. The maximum absolute atomic E-state index is 12.8. The number of carbonyl (C=O) groups excluding carboxylic acids is 1. The largest absolute Gasteiger partial charge is 0.491 e. The van der Waals surface area contributed by atoms with Gasteiger partial charge in [-0.25, -0.2) is 8.42 Å². The summed E-state index contributed by atoms with van der Waals surface area (Å²) in [5.74, 6) is 1.19. The highest BCUT2D eigenvalue weighted by Gasteiger charge is 2.36. The molecule has 2 fully saturated rings. The number of rotatable bonds is 5. The summed E-state index contributed by atoms with van der Waals surface area (Å²) in [6, 6.07) is 6.03. The van der Waals surface area contributed by atoms with Crippen LogP contribution in [0.4, 0.5) is 0 Å². The molecular formula is C20H28N2O4S. The van der Waals surface area contributed by atoms with Gasteiger partial charge < -0.3 is 9.64 Å². The van der Waals surface area contributed by atoms with Crippen molar-refractivity contribution in [1.29, 1.82) is 0 Å². The van der Waals surface area contributed by atoms with Crippen LogP contribution in [-0.2, 0) is 27.9 Å². The lowest BCUT2D eigenvalue weighted by molar-refractivity contribution is -0.141. The van der Waals surface area contributed by atoms with Crippen molar-refractivity contribution in [3.8, 4) is 5.75 Å². The molecule has 3 aliphatic rings. The van der Waals surface area contributed by atoms with Crippen LogP contribution < -0.4 is 4.74 Å². The van der Waals surface area contributed by atoms with E-state index in [2.05, 4.69) is 0 Å². The van der Waals surface area contributed by atoms with Crippen molar-refractivity contribution in [1.82, 2.24) is 9.21 Å². The van der Waals surface area contributed by atoms with Gasteiger partial charge in [0.05, 0.1) is 12.3 Å². The second kappa shape index (κ2) is 7.09. The van der Waals surface area contributed by atoms with E-state index in [1.807, 2.05) is 30.0 Å². The van der Waals surface area contributed by atoms with Gasteiger partial charge in [0, 0.05) is 30.6 Å². The zero-order chi connectivity index (χ0) is 19.2. The molecule has 0 spiro atoms. The summed E-state index contributed by atoms with van der Waals surface area (Å²) in [4.78, 5) is 14.8. The Morgan fingerprint density at radius 1 is 1.26 bits per heavy atom. The molecule has 0 bridgehead atoms. The lowest BCUT2D eigenvalue weighted by Gasteiger charge is -2.34. The number of hydrogen-bond donors (Lipinski definition) is 0. The fourth-order valence-corrected chi connectivity index (χ4v) is 5.02. The van der Waals surface area contributed by atoms with E-state index in [0.29, 0.717) is 19.7 Å². The number of carbonyl (C=O) groups is 1. The molecule has 1 aromatic rings. The molecular weight excluding hydrogens is 364 g/mol. The predicted molar refractivity (Wildman–Crippen MR) is 103 cm³/mol. The highest BCUT2D eigenvalue weighted by Crippen LogP contribution is 2.34. The van der Waals surface area contributed by atoms with Crippen LogP contribution in [0.3, 0.4) is 0 Å². The fraction of sp³-hybridized carbons (Fsp3) is 0.650. The van der Waals surface area contributed by atoms with Crippen molar-refractivity contribution in [3.63, 3.8) is 0 Å². The van der Waals surface area contributed by atoms with Crippen molar-refractivity contribution in [3.05, 3.63) is 29.3 Å². The van der Waals surface area contributed by atoms with E-state index >= 15 is 0 Å². The van der Waals surface area contributed by atoms with Gasteiger partial charge in [-0.05, 0) is 50.3 Å². The number of amides is 1. The predicted octanol–water partition coefficient (Wildman–Crippen LogP) is 2.52. The molecule has 2 saturated carbocycles. The molecule has 0 N–H and O–H groups in total. The van der Waals surface area contributed by atoms with Gasteiger partial charge in [0.15, 0.2) is 0 Å². The lowest BCUT2D eigenvalue weighted by atomic mass is 9.84. The maximum Gasteiger partial charge on any atom is 0.226 e. The lowest BCUT2D eigenvalue weighted by Crippen LogP contribution is -2.44. The molecule has 1 heterocycles. The molecule has 1 aliphatic heterocycles. The zero-order valence-corrected chi connectivity index (χ0v) is 16.9. The van der Waals surface area contributed by atoms with Crippen molar-refractivity contribution in [2.24, 2.45) is 5.92 Å². The molecule has 1 aromatic carbocycles. The second-order valence-electron chi connectivity index (χ2n) is 8.24. The number of hydrogen-bond acceptors (Lipinski definition) is 4. The minimum atomic E-state index is -3.23. The van der Waals surface area contributed by atoms with E-state index < -0.39 is 10.0 Å². The van der Waals surface area contributed by atoms with Crippen molar-refractivity contribution < 1.29 is 17.9 Å². The van der Waals surface area contributed by atoms with Crippen LogP contribution in [0.15, 0.2) is 18.2 Å². The molecule has 0 unspecified atom stereocenters. The van der Waals surface area contributed by atoms with E-state index in [1.54, 1.807) is 4.31 Å². The maximum atomic E-state index is 12.8. The number of nitrogens with zero attached hydrogens (tertiary/aromatic N) is 2. The SMILES string of the molecule is C[C@H]1COc2ccc(CN(C3CC3)S(C)(=O)=O)cc2CN1C(=O)C1CCC1. The molecule has 1 amide bonds. The van der Waals surface area contributed by atoms with Crippen molar-refractivity contribution in [2.75, 3.05) is 12.9 Å². The van der Waals surface area contributed by atoms with Gasteiger partial charge >= 0.3 is 0 Å². The average molecular weight is 393 g/mol. The zero-order valence-electron chi connectivity index (χ0n) is 16.1. The smallest absolute Gasteiger partial charge is 0.226 e. The summed E-state index contributed by atoms with van der Waals surface area (Å²) >= 11 is 0. The van der Waals surface area contributed by atoms with Gasteiger partial charge in [0.25, 0.3) is 0 Å². The van der Waals surface area contributed by atoms with Crippen molar-refractivity contribution >= 4 is 15.9 Å². The molecule has 0 radical (unpaired) electrons. The Morgan fingerprint density at radius 2 is 2.00 bits per heavy atom. The minimum absolute atomic E-state index is 0.0351. The normalized spacial score (nSPS) is 23.4. The fourth-order valence-electron chi connectivity index (χ4n) is 3.88. The molecule has 0 aromatic heterocycles. The van der Waals surface area contributed by atoms with Crippen LogP contribution in [0, 0.1) is 5.92 Å². The summed E-state index contributed by atoms with van der Waals surface area (Å²) in [5.41, 5.74) is 1.91. The Kier molecular flexibility index (Phi) is 4.93. The second-order valence-corrected chi connectivity index (χ2v) is 10.2. The summed E-state index contributed by atoms with van der Waals surface area (Å²) in [7, 11) is -3.23. The monoisotopic (exact) mass is 392 g/mol. The number of ether oxygens (including phenoxy) is 1. The topological polar surface area (TPSA) is 66.9 Å². The highest BCUT2D eigenvalue weighted by atomic mass is 32.2. The Labute approximate surface area is 161 Å². The quantitative estimate of drug-likeness (QED) is 0.772. The minimum Gasteiger partial charge on any atom is -0.491 e. The Hall–Kier alpha value is -1.60. The van der Waals surface area contributed by atoms with Crippen LogP contribution in [0.1, 0.15) is 50.2 Å². The van der Waals surface area contributed by atoms with Crippen molar-refractivity contribution in [2.45, 2.75) is 64.2 Å². The summed E-state index contributed by atoms with van der Waals surface area (Å²) in [6.45, 7) is 3.43. The molecule has 6 nitrogen and oxygen atoms in total. The van der Waals surface area contributed by atoms with Gasteiger partial charge in [-0.3, -0.25) is 4.79 Å². The Bertz CT molecular complexity index is 830. The standard InChI is InChI=1S/C20H28N2O4S/c1-14-13-26-19-9-6-15(11-22(18-7-8-18)27(2,24)25)10-17(19)12-21(14)20(23)16-4-3-5-16/h6,9-10,14,16,18H,3-5,7-8,11-13H2,1-2H3/t14-/m0/s1. The van der Waals surface area contributed by atoms with E-state index in [4.69, 9.17) is 4.74 Å². The molecule has 0 saturated heterocycles. The molecule has 148 valence electrons. The molecule has 4 rings (SSSR count). The number of fused-ring (bicyclic) bond motifs is 1. The molecule has 2 aliphatic carbocycles. The first-order valence-electron chi connectivity index (χ1n) is 9.85.